The first-order valence-electron chi connectivity index (χ1n) is 8.67. The van der Waals surface area contributed by atoms with E-state index in [-0.39, 0.29) is 0 Å². The SMILES string of the molecule is CCCCCCCCCCCCCCCC(O)O[P](=O)O. The highest BCUT2D eigenvalue weighted by molar-refractivity contribution is 7.32. The van der Waals surface area contributed by atoms with E-state index in [1.807, 2.05) is 0 Å². The van der Waals surface area contributed by atoms with Crippen LogP contribution in [0.25, 0.3) is 0 Å². The molecule has 0 aliphatic heterocycles. The van der Waals surface area contributed by atoms with E-state index >= 15 is 0 Å². The van der Waals surface area contributed by atoms with Crippen molar-refractivity contribution in [3.63, 3.8) is 0 Å². The molecule has 0 aromatic heterocycles. The van der Waals surface area contributed by atoms with E-state index in [4.69, 9.17) is 4.89 Å². The van der Waals surface area contributed by atoms with Crippen LogP contribution in [0, 0.1) is 0 Å². The van der Waals surface area contributed by atoms with E-state index in [1.165, 1.54) is 70.6 Å². The molecule has 2 unspecified atom stereocenters. The standard InChI is InChI=1S/C16H34O4P/c1-2-3-4-5-6-7-8-9-10-11-12-13-14-15-16(17)20-21(18)19/h16-17H,2-15H2,1H3,(H,18,19). The molecule has 5 heteroatoms. The maximum Gasteiger partial charge on any atom is 0.368 e. The highest BCUT2D eigenvalue weighted by atomic mass is 31.1. The first kappa shape index (κ1) is 21.0. The Kier molecular flexibility index (Phi) is 16.3. The third kappa shape index (κ3) is 17.9. The van der Waals surface area contributed by atoms with Crippen molar-refractivity contribution < 1.29 is 19.1 Å². The van der Waals surface area contributed by atoms with Crippen LogP contribution < -0.4 is 0 Å². The molecule has 21 heavy (non-hydrogen) atoms. The lowest BCUT2D eigenvalue weighted by Crippen LogP contribution is -2.06. The Morgan fingerprint density at radius 3 is 1.57 bits per heavy atom. The smallest absolute Gasteiger partial charge is 0.367 e. The minimum absolute atomic E-state index is 0.444. The third-order valence-electron chi connectivity index (χ3n) is 3.77. The van der Waals surface area contributed by atoms with Gasteiger partial charge in [-0.25, -0.2) is 4.57 Å². The Morgan fingerprint density at radius 2 is 1.19 bits per heavy atom. The van der Waals surface area contributed by atoms with Crippen molar-refractivity contribution in [2.75, 3.05) is 0 Å². The van der Waals surface area contributed by atoms with Crippen LogP contribution in [0.3, 0.4) is 0 Å². The average molecular weight is 321 g/mol. The van der Waals surface area contributed by atoms with Crippen molar-refractivity contribution in [3.05, 3.63) is 0 Å². The maximum absolute atomic E-state index is 10.3. The van der Waals surface area contributed by atoms with Crippen molar-refractivity contribution in [1.29, 1.82) is 0 Å². The zero-order chi connectivity index (χ0) is 15.8. The molecule has 0 heterocycles. The fourth-order valence-electron chi connectivity index (χ4n) is 2.49. The average Bonchev–Trinajstić information content (AvgIpc) is 2.43. The normalized spacial score (nSPS) is 13.4. The molecule has 0 spiro atoms. The van der Waals surface area contributed by atoms with Gasteiger partial charge in [0.05, 0.1) is 0 Å². The highest BCUT2D eigenvalue weighted by Crippen LogP contribution is 2.20. The monoisotopic (exact) mass is 321 g/mol. The summed E-state index contributed by atoms with van der Waals surface area (Å²) in [5.41, 5.74) is 0. The second-order valence-electron chi connectivity index (χ2n) is 5.83. The minimum Gasteiger partial charge on any atom is -0.367 e. The fraction of sp³-hybridized carbons (Fsp3) is 1.00. The zero-order valence-corrected chi connectivity index (χ0v) is 14.5. The van der Waals surface area contributed by atoms with Crippen LogP contribution >= 0.6 is 8.25 Å². The molecule has 0 bridgehead atoms. The number of aliphatic hydroxyl groups excluding tert-OH is 1. The second-order valence-corrected chi connectivity index (χ2v) is 6.52. The summed E-state index contributed by atoms with van der Waals surface area (Å²) in [6.07, 6.45) is 16.0. The summed E-state index contributed by atoms with van der Waals surface area (Å²) in [5, 5.41) is 9.23. The van der Waals surface area contributed by atoms with E-state index in [1.54, 1.807) is 0 Å². The lowest BCUT2D eigenvalue weighted by molar-refractivity contribution is -0.0257. The van der Waals surface area contributed by atoms with Crippen LogP contribution in [0.1, 0.15) is 96.8 Å². The molecular formula is C16H34O4P. The summed E-state index contributed by atoms with van der Waals surface area (Å²) >= 11 is 0. The van der Waals surface area contributed by atoms with E-state index in [0.29, 0.717) is 6.42 Å². The van der Waals surface area contributed by atoms with E-state index in [2.05, 4.69) is 11.4 Å². The van der Waals surface area contributed by atoms with Gasteiger partial charge in [0.15, 0.2) is 6.29 Å². The van der Waals surface area contributed by atoms with Crippen LogP contribution in [0.15, 0.2) is 0 Å². The summed E-state index contributed by atoms with van der Waals surface area (Å²) in [4.78, 5) is 8.45. The van der Waals surface area contributed by atoms with Crippen LogP contribution in [0.4, 0.5) is 0 Å². The van der Waals surface area contributed by atoms with Gasteiger partial charge in [-0.1, -0.05) is 84.0 Å². The van der Waals surface area contributed by atoms with Crippen molar-refractivity contribution >= 4 is 8.25 Å². The molecule has 0 aromatic rings. The fourth-order valence-corrected chi connectivity index (χ4v) is 2.81. The van der Waals surface area contributed by atoms with Gasteiger partial charge in [-0.2, -0.15) is 0 Å². The number of hydrogen-bond donors (Lipinski definition) is 2. The molecule has 4 nitrogen and oxygen atoms in total. The molecule has 0 aliphatic carbocycles. The molecule has 0 aromatic carbocycles. The van der Waals surface area contributed by atoms with Crippen molar-refractivity contribution in [2.45, 2.75) is 103 Å². The molecule has 2 atom stereocenters. The van der Waals surface area contributed by atoms with Crippen molar-refractivity contribution in [2.24, 2.45) is 0 Å². The van der Waals surface area contributed by atoms with Crippen LogP contribution in [0.2, 0.25) is 0 Å². The van der Waals surface area contributed by atoms with Gasteiger partial charge >= 0.3 is 8.25 Å². The van der Waals surface area contributed by atoms with Gasteiger partial charge in [0.25, 0.3) is 0 Å². The number of hydrogen-bond acceptors (Lipinski definition) is 3. The van der Waals surface area contributed by atoms with E-state index in [9.17, 15) is 9.67 Å². The van der Waals surface area contributed by atoms with Gasteiger partial charge in [0, 0.05) is 0 Å². The van der Waals surface area contributed by atoms with Crippen LogP contribution in [-0.4, -0.2) is 16.3 Å². The van der Waals surface area contributed by atoms with Gasteiger partial charge in [0.2, 0.25) is 0 Å². The van der Waals surface area contributed by atoms with Gasteiger partial charge in [-0.15, -0.1) is 0 Å². The topological polar surface area (TPSA) is 66.8 Å². The predicted octanol–water partition coefficient (Wildman–Crippen LogP) is 5.45. The molecule has 0 rings (SSSR count). The summed E-state index contributed by atoms with van der Waals surface area (Å²) in [5.74, 6) is 0. The van der Waals surface area contributed by atoms with Crippen LogP contribution in [0.5, 0.6) is 0 Å². The lowest BCUT2D eigenvalue weighted by atomic mass is 10.0. The molecule has 1 radical (unpaired) electrons. The Hall–Kier alpha value is -0.0200. The molecule has 2 N–H and O–H groups in total. The number of rotatable bonds is 16. The highest BCUT2D eigenvalue weighted by Gasteiger charge is 2.07. The molecule has 0 saturated carbocycles. The molecule has 0 aliphatic rings. The predicted molar refractivity (Wildman–Crippen MR) is 87.2 cm³/mol. The Balaban J connectivity index is 3.07. The molecule has 0 amide bonds. The van der Waals surface area contributed by atoms with E-state index < -0.39 is 14.5 Å². The number of unbranched alkanes of at least 4 members (excludes halogenated alkanes) is 12. The Labute approximate surface area is 131 Å². The lowest BCUT2D eigenvalue weighted by Gasteiger charge is -2.07. The van der Waals surface area contributed by atoms with Crippen LogP contribution in [-0.2, 0) is 9.09 Å². The van der Waals surface area contributed by atoms with Crippen molar-refractivity contribution in [3.8, 4) is 0 Å². The Bertz CT molecular complexity index is 236. The van der Waals surface area contributed by atoms with E-state index in [0.717, 1.165) is 12.8 Å². The first-order chi connectivity index (χ1) is 10.2. The molecule has 0 fully saturated rings. The largest absolute Gasteiger partial charge is 0.368 e. The Morgan fingerprint density at radius 1 is 0.810 bits per heavy atom. The molecule has 0 saturated heterocycles. The number of aliphatic hydroxyl groups is 1. The third-order valence-corrected chi connectivity index (χ3v) is 4.19. The zero-order valence-electron chi connectivity index (χ0n) is 13.6. The maximum atomic E-state index is 10.3. The summed E-state index contributed by atoms with van der Waals surface area (Å²) in [6, 6.07) is 0. The summed E-state index contributed by atoms with van der Waals surface area (Å²) < 4.78 is 14.7. The molecule has 127 valence electrons. The van der Waals surface area contributed by atoms with Gasteiger partial charge in [-0.05, 0) is 12.8 Å². The second kappa shape index (κ2) is 16.4. The summed E-state index contributed by atoms with van der Waals surface area (Å²) in [7, 11) is -2.68. The quantitative estimate of drug-likeness (QED) is 0.225. The van der Waals surface area contributed by atoms with Gasteiger partial charge in [-0.3, -0.25) is 9.42 Å². The van der Waals surface area contributed by atoms with Crippen molar-refractivity contribution in [1.82, 2.24) is 0 Å². The van der Waals surface area contributed by atoms with Gasteiger partial charge in [0.1, 0.15) is 0 Å². The minimum atomic E-state index is -2.68. The molecular weight excluding hydrogens is 287 g/mol. The summed E-state index contributed by atoms with van der Waals surface area (Å²) in [6.45, 7) is 2.25. The first-order valence-corrected chi connectivity index (χ1v) is 9.80. The van der Waals surface area contributed by atoms with Gasteiger partial charge < -0.3 is 5.11 Å².